The van der Waals surface area contributed by atoms with Gasteiger partial charge in [-0.1, -0.05) is 6.92 Å². The lowest BCUT2D eigenvalue weighted by atomic mass is 10.0. The van der Waals surface area contributed by atoms with E-state index in [4.69, 9.17) is 9.47 Å². The molecule has 0 aromatic rings. The Hall–Kier alpha value is -1.18. The van der Waals surface area contributed by atoms with Gasteiger partial charge in [-0.2, -0.15) is 0 Å². The van der Waals surface area contributed by atoms with E-state index in [1.807, 2.05) is 11.8 Å². The summed E-state index contributed by atoms with van der Waals surface area (Å²) < 4.78 is 10.1. The molecule has 0 bridgehead atoms. The van der Waals surface area contributed by atoms with Crippen LogP contribution in [0.2, 0.25) is 0 Å². The summed E-state index contributed by atoms with van der Waals surface area (Å²) in [6.45, 7) is 5.74. The zero-order chi connectivity index (χ0) is 15.1. The Morgan fingerprint density at radius 3 is 2.75 bits per heavy atom. The summed E-state index contributed by atoms with van der Waals surface area (Å²) in [6.07, 6.45) is 0. The highest BCUT2D eigenvalue weighted by Crippen LogP contribution is 2.22. The summed E-state index contributed by atoms with van der Waals surface area (Å²) in [7, 11) is 1.57. The topological polar surface area (TPSA) is 88.1 Å². The average molecular weight is 288 g/mol. The van der Waals surface area contributed by atoms with Gasteiger partial charge >= 0.3 is 5.97 Å². The second-order valence-electron chi connectivity index (χ2n) is 4.84. The highest BCUT2D eigenvalue weighted by atomic mass is 16.5. The molecule has 1 fully saturated rings. The Morgan fingerprint density at radius 2 is 2.20 bits per heavy atom. The molecule has 0 radical (unpaired) electrons. The number of aliphatic carboxylic acids is 1. The van der Waals surface area contributed by atoms with Crippen molar-refractivity contribution in [3.8, 4) is 0 Å². The van der Waals surface area contributed by atoms with Crippen molar-refractivity contribution in [1.29, 1.82) is 0 Å². The van der Waals surface area contributed by atoms with Crippen LogP contribution in [0.5, 0.6) is 0 Å². The van der Waals surface area contributed by atoms with Crippen LogP contribution in [0.4, 0.5) is 0 Å². The summed E-state index contributed by atoms with van der Waals surface area (Å²) in [5, 5.41) is 12.0. The van der Waals surface area contributed by atoms with Gasteiger partial charge in [0.05, 0.1) is 31.8 Å². The van der Waals surface area contributed by atoms with Gasteiger partial charge in [-0.3, -0.25) is 14.5 Å². The zero-order valence-corrected chi connectivity index (χ0v) is 12.3. The predicted octanol–water partition coefficient (Wildman–Crippen LogP) is -0.441. The van der Waals surface area contributed by atoms with Crippen molar-refractivity contribution in [3.05, 3.63) is 0 Å². The first kappa shape index (κ1) is 16.9. The normalized spacial score (nSPS) is 23.8. The highest BCUT2D eigenvalue weighted by molar-refractivity contribution is 5.81. The first-order chi connectivity index (χ1) is 9.52. The van der Waals surface area contributed by atoms with Gasteiger partial charge in [0.2, 0.25) is 5.91 Å². The van der Waals surface area contributed by atoms with E-state index < -0.39 is 17.9 Å². The molecular weight excluding hydrogens is 264 g/mol. The van der Waals surface area contributed by atoms with E-state index in [-0.39, 0.29) is 18.6 Å². The lowest BCUT2D eigenvalue weighted by Gasteiger charge is -2.33. The van der Waals surface area contributed by atoms with Gasteiger partial charge in [-0.15, -0.1) is 0 Å². The molecule has 1 rings (SSSR count). The fourth-order valence-corrected chi connectivity index (χ4v) is 2.48. The van der Waals surface area contributed by atoms with Crippen LogP contribution in [0.25, 0.3) is 0 Å². The number of carbonyl (C=O) groups excluding carboxylic acids is 1. The fraction of sp³-hybridized carbons (Fsp3) is 0.846. The summed E-state index contributed by atoms with van der Waals surface area (Å²) in [5.41, 5.74) is 0. The third-order valence-electron chi connectivity index (χ3n) is 3.64. The molecule has 116 valence electrons. The number of hydrogen-bond acceptors (Lipinski definition) is 5. The van der Waals surface area contributed by atoms with Crippen LogP contribution in [-0.4, -0.2) is 74.0 Å². The van der Waals surface area contributed by atoms with Crippen LogP contribution in [-0.2, 0) is 19.1 Å². The van der Waals surface area contributed by atoms with E-state index in [0.29, 0.717) is 26.3 Å². The molecule has 1 heterocycles. The maximum absolute atomic E-state index is 12.1. The van der Waals surface area contributed by atoms with Gasteiger partial charge in [-0.25, -0.2) is 0 Å². The Kier molecular flexibility index (Phi) is 6.90. The van der Waals surface area contributed by atoms with Crippen LogP contribution in [0.3, 0.4) is 0 Å². The van der Waals surface area contributed by atoms with E-state index in [9.17, 15) is 14.7 Å². The second kappa shape index (κ2) is 8.18. The van der Waals surface area contributed by atoms with Crippen molar-refractivity contribution in [2.45, 2.75) is 25.9 Å². The molecule has 0 aliphatic carbocycles. The van der Waals surface area contributed by atoms with Crippen LogP contribution < -0.4 is 5.32 Å². The number of methoxy groups -OCH3 is 1. The maximum atomic E-state index is 12.1. The number of amides is 1. The van der Waals surface area contributed by atoms with Crippen LogP contribution in [0.1, 0.15) is 13.8 Å². The number of carbonyl (C=O) groups is 2. The molecule has 0 aromatic carbocycles. The molecule has 1 amide bonds. The quantitative estimate of drug-likeness (QED) is 0.589. The SMILES string of the molecule is CCN(C(C)C(=O)NCCOC)C1COCC1C(=O)O. The van der Waals surface area contributed by atoms with Crippen molar-refractivity contribution in [2.75, 3.05) is 40.0 Å². The number of carboxylic acid groups (broad SMARTS) is 1. The van der Waals surface area contributed by atoms with Gasteiger partial charge in [0.25, 0.3) is 0 Å². The number of rotatable bonds is 8. The molecule has 0 aromatic heterocycles. The van der Waals surface area contributed by atoms with E-state index in [1.54, 1.807) is 14.0 Å². The average Bonchev–Trinajstić information content (AvgIpc) is 2.89. The molecular formula is C13H24N2O5. The molecule has 2 N–H and O–H groups in total. The largest absolute Gasteiger partial charge is 0.481 e. The molecule has 1 aliphatic rings. The molecule has 3 atom stereocenters. The van der Waals surface area contributed by atoms with E-state index in [2.05, 4.69) is 5.32 Å². The van der Waals surface area contributed by atoms with Crippen LogP contribution >= 0.6 is 0 Å². The van der Waals surface area contributed by atoms with E-state index in [1.165, 1.54) is 0 Å². The minimum Gasteiger partial charge on any atom is -0.481 e. The van der Waals surface area contributed by atoms with Gasteiger partial charge in [0.15, 0.2) is 0 Å². The number of hydrogen-bond donors (Lipinski definition) is 2. The van der Waals surface area contributed by atoms with Gasteiger partial charge in [-0.05, 0) is 13.5 Å². The van der Waals surface area contributed by atoms with Gasteiger partial charge < -0.3 is 19.9 Å². The number of ether oxygens (including phenoxy) is 2. The maximum Gasteiger partial charge on any atom is 0.310 e. The molecule has 0 spiro atoms. The number of nitrogens with zero attached hydrogens (tertiary/aromatic N) is 1. The van der Waals surface area contributed by atoms with E-state index >= 15 is 0 Å². The third-order valence-corrected chi connectivity index (χ3v) is 3.64. The fourth-order valence-electron chi connectivity index (χ4n) is 2.48. The highest BCUT2D eigenvalue weighted by Gasteiger charge is 2.40. The Bertz CT molecular complexity index is 337. The van der Waals surface area contributed by atoms with Gasteiger partial charge in [0, 0.05) is 19.7 Å². The van der Waals surface area contributed by atoms with Gasteiger partial charge in [0.1, 0.15) is 0 Å². The second-order valence-corrected chi connectivity index (χ2v) is 4.84. The van der Waals surface area contributed by atoms with Crippen LogP contribution in [0.15, 0.2) is 0 Å². The van der Waals surface area contributed by atoms with Crippen molar-refractivity contribution < 1.29 is 24.2 Å². The van der Waals surface area contributed by atoms with E-state index in [0.717, 1.165) is 0 Å². The summed E-state index contributed by atoms with van der Waals surface area (Å²) in [4.78, 5) is 25.1. The minimum absolute atomic E-state index is 0.125. The summed E-state index contributed by atoms with van der Waals surface area (Å²) >= 11 is 0. The van der Waals surface area contributed by atoms with Crippen molar-refractivity contribution in [3.63, 3.8) is 0 Å². The molecule has 7 nitrogen and oxygen atoms in total. The Labute approximate surface area is 119 Å². The lowest BCUT2D eigenvalue weighted by molar-refractivity contribution is -0.144. The predicted molar refractivity (Wildman–Crippen MR) is 72.5 cm³/mol. The summed E-state index contributed by atoms with van der Waals surface area (Å²) in [5.74, 6) is -1.58. The molecule has 1 aliphatic heterocycles. The number of likely N-dealkylation sites (N-methyl/N-ethyl adjacent to an activating group) is 1. The van der Waals surface area contributed by atoms with Crippen LogP contribution in [0, 0.1) is 5.92 Å². The number of nitrogens with one attached hydrogen (secondary N) is 1. The smallest absolute Gasteiger partial charge is 0.310 e. The molecule has 1 saturated heterocycles. The minimum atomic E-state index is -0.877. The summed E-state index contributed by atoms with van der Waals surface area (Å²) in [6, 6.07) is -0.661. The first-order valence-electron chi connectivity index (χ1n) is 6.85. The molecule has 7 heteroatoms. The lowest BCUT2D eigenvalue weighted by Crippen LogP contribution is -2.53. The standard InChI is InChI=1S/C13H24N2O5/c1-4-15(9(2)12(16)14-5-6-19-3)11-8-20-7-10(11)13(17)18/h9-11H,4-8H2,1-3H3,(H,14,16)(H,17,18). The Morgan fingerprint density at radius 1 is 1.50 bits per heavy atom. The van der Waals surface area contributed by atoms with Crippen molar-refractivity contribution in [2.24, 2.45) is 5.92 Å². The number of carboxylic acids is 1. The van der Waals surface area contributed by atoms with Crippen molar-refractivity contribution >= 4 is 11.9 Å². The first-order valence-corrected chi connectivity index (χ1v) is 6.85. The molecule has 3 unspecified atom stereocenters. The third kappa shape index (κ3) is 4.16. The zero-order valence-electron chi connectivity index (χ0n) is 12.3. The molecule has 20 heavy (non-hydrogen) atoms. The molecule has 0 saturated carbocycles. The Balaban J connectivity index is 2.64. The monoisotopic (exact) mass is 288 g/mol. The van der Waals surface area contributed by atoms with Crippen molar-refractivity contribution in [1.82, 2.24) is 10.2 Å².